The number of carbonyl (C=O) groups excluding carboxylic acids is 1. The van der Waals surface area contributed by atoms with Crippen LogP contribution < -0.4 is 5.32 Å². The third-order valence-corrected chi connectivity index (χ3v) is 4.49. The predicted octanol–water partition coefficient (Wildman–Crippen LogP) is 1.35. The summed E-state index contributed by atoms with van der Waals surface area (Å²) in [4.78, 5) is 12.0. The maximum atomic E-state index is 14.2. The van der Waals surface area contributed by atoms with Gasteiger partial charge in [-0.1, -0.05) is 23.4 Å². The summed E-state index contributed by atoms with van der Waals surface area (Å²) in [6, 6.07) is 9.54. The van der Waals surface area contributed by atoms with Crippen molar-refractivity contribution in [2.24, 2.45) is 5.92 Å². The van der Waals surface area contributed by atoms with Gasteiger partial charge in [-0.15, -0.1) is 5.10 Å². The van der Waals surface area contributed by atoms with Crippen LogP contribution in [-0.2, 0) is 11.2 Å². The maximum Gasteiger partial charge on any atom is 0.226 e. The number of aromatic nitrogens is 3. The molecular formula is C17H21FN4O2. The van der Waals surface area contributed by atoms with Gasteiger partial charge in [0.15, 0.2) is 0 Å². The Kier molecular flexibility index (Phi) is 4.62. The molecule has 3 rings (SSSR count). The number of nitrogens with zero attached hydrogens (tertiary/aromatic N) is 3. The van der Waals surface area contributed by atoms with Crippen LogP contribution in [-0.4, -0.2) is 44.8 Å². The van der Waals surface area contributed by atoms with E-state index in [0.29, 0.717) is 18.5 Å². The van der Waals surface area contributed by atoms with Gasteiger partial charge < -0.3 is 10.4 Å². The first kappa shape index (κ1) is 16.6. The number of halogens is 1. The number of benzene rings is 1. The van der Waals surface area contributed by atoms with Crippen LogP contribution in [0.15, 0.2) is 30.3 Å². The van der Waals surface area contributed by atoms with Crippen LogP contribution in [0.4, 0.5) is 4.39 Å². The summed E-state index contributed by atoms with van der Waals surface area (Å²) < 4.78 is 15.9. The molecule has 0 atom stereocenters. The van der Waals surface area contributed by atoms with E-state index in [1.165, 1.54) is 0 Å². The van der Waals surface area contributed by atoms with E-state index in [1.54, 1.807) is 4.68 Å². The molecular weight excluding hydrogens is 311 g/mol. The summed E-state index contributed by atoms with van der Waals surface area (Å²) in [7, 11) is 0. The molecule has 1 aliphatic carbocycles. The molecule has 128 valence electrons. The van der Waals surface area contributed by atoms with Crippen LogP contribution in [0.2, 0.25) is 0 Å². The average molecular weight is 332 g/mol. The lowest BCUT2D eigenvalue weighted by Gasteiger charge is -2.40. The van der Waals surface area contributed by atoms with Crippen LogP contribution >= 0.6 is 0 Å². The lowest BCUT2D eigenvalue weighted by Crippen LogP contribution is -2.50. The highest BCUT2D eigenvalue weighted by Crippen LogP contribution is 2.40. The van der Waals surface area contributed by atoms with E-state index in [4.69, 9.17) is 5.11 Å². The smallest absolute Gasteiger partial charge is 0.226 e. The lowest BCUT2D eigenvalue weighted by atomic mass is 9.72. The SMILES string of the molecule is Cc1c(CC(=O)NCC2(F)CC(CO)C2)nnn1-c1ccccc1. The molecule has 1 saturated carbocycles. The van der Waals surface area contributed by atoms with Crippen molar-refractivity contribution in [3.8, 4) is 5.69 Å². The predicted molar refractivity (Wildman–Crippen MR) is 86.5 cm³/mol. The molecule has 7 heteroatoms. The minimum absolute atomic E-state index is 0.00139. The van der Waals surface area contributed by atoms with Crippen molar-refractivity contribution in [3.05, 3.63) is 41.7 Å². The zero-order chi connectivity index (χ0) is 17.2. The number of aliphatic hydroxyl groups is 1. The monoisotopic (exact) mass is 332 g/mol. The number of alkyl halides is 1. The second kappa shape index (κ2) is 6.68. The minimum atomic E-state index is -1.39. The molecule has 6 nitrogen and oxygen atoms in total. The lowest BCUT2D eigenvalue weighted by molar-refractivity contribution is -0.122. The fourth-order valence-electron chi connectivity index (χ4n) is 3.06. The highest BCUT2D eigenvalue weighted by Gasteiger charge is 2.44. The largest absolute Gasteiger partial charge is 0.396 e. The number of amides is 1. The van der Waals surface area contributed by atoms with Gasteiger partial charge in [0, 0.05) is 6.61 Å². The van der Waals surface area contributed by atoms with E-state index in [1.807, 2.05) is 37.3 Å². The zero-order valence-corrected chi connectivity index (χ0v) is 13.6. The van der Waals surface area contributed by atoms with Crippen LogP contribution in [0.5, 0.6) is 0 Å². The Morgan fingerprint density at radius 3 is 2.79 bits per heavy atom. The third kappa shape index (κ3) is 3.46. The first-order chi connectivity index (χ1) is 11.5. The normalized spacial score (nSPS) is 22.9. The van der Waals surface area contributed by atoms with E-state index in [9.17, 15) is 9.18 Å². The first-order valence-corrected chi connectivity index (χ1v) is 8.04. The molecule has 2 N–H and O–H groups in total. The van der Waals surface area contributed by atoms with Gasteiger partial charge in [0.25, 0.3) is 0 Å². The molecule has 1 aromatic carbocycles. The Morgan fingerprint density at radius 1 is 1.42 bits per heavy atom. The fraction of sp³-hybridized carbons (Fsp3) is 0.471. The zero-order valence-electron chi connectivity index (χ0n) is 13.6. The third-order valence-electron chi connectivity index (χ3n) is 4.49. The molecule has 0 radical (unpaired) electrons. The number of hydrogen-bond donors (Lipinski definition) is 2. The van der Waals surface area contributed by atoms with Crippen molar-refractivity contribution in [2.75, 3.05) is 13.2 Å². The van der Waals surface area contributed by atoms with Gasteiger partial charge in [-0.25, -0.2) is 9.07 Å². The molecule has 0 unspecified atom stereocenters. The maximum absolute atomic E-state index is 14.2. The van der Waals surface area contributed by atoms with Crippen LogP contribution in [0, 0.1) is 12.8 Å². The van der Waals surface area contributed by atoms with Gasteiger partial charge in [0.1, 0.15) is 5.67 Å². The number of rotatable bonds is 6. The summed E-state index contributed by atoms with van der Waals surface area (Å²) in [6.45, 7) is 1.83. The van der Waals surface area contributed by atoms with Crippen molar-refractivity contribution >= 4 is 5.91 Å². The van der Waals surface area contributed by atoms with Crippen molar-refractivity contribution < 1.29 is 14.3 Å². The van der Waals surface area contributed by atoms with E-state index < -0.39 is 5.67 Å². The summed E-state index contributed by atoms with van der Waals surface area (Å²) in [5.41, 5.74) is 0.850. The number of hydrogen-bond acceptors (Lipinski definition) is 4. The molecule has 1 fully saturated rings. The van der Waals surface area contributed by atoms with Crippen molar-refractivity contribution in [1.29, 1.82) is 0 Å². The topological polar surface area (TPSA) is 80.0 Å². The molecule has 1 amide bonds. The van der Waals surface area contributed by atoms with Crippen molar-refractivity contribution in [1.82, 2.24) is 20.3 Å². The van der Waals surface area contributed by atoms with Gasteiger partial charge in [-0.3, -0.25) is 4.79 Å². The summed E-state index contributed by atoms with van der Waals surface area (Å²) in [6.07, 6.45) is 0.665. The Morgan fingerprint density at radius 2 is 2.12 bits per heavy atom. The van der Waals surface area contributed by atoms with Crippen LogP contribution in [0.3, 0.4) is 0 Å². The molecule has 1 aromatic heterocycles. The number of carbonyl (C=O) groups is 1. The number of nitrogens with one attached hydrogen (secondary N) is 1. The van der Waals surface area contributed by atoms with E-state index in [-0.39, 0.29) is 31.4 Å². The van der Waals surface area contributed by atoms with Gasteiger partial charge in [-0.2, -0.15) is 0 Å². The fourth-order valence-corrected chi connectivity index (χ4v) is 3.06. The Labute approximate surface area is 139 Å². The Hall–Kier alpha value is -2.28. The molecule has 1 aliphatic rings. The quantitative estimate of drug-likeness (QED) is 0.837. The van der Waals surface area contributed by atoms with Crippen LogP contribution in [0.25, 0.3) is 5.69 Å². The molecule has 0 spiro atoms. The van der Waals surface area contributed by atoms with E-state index >= 15 is 0 Å². The first-order valence-electron chi connectivity index (χ1n) is 8.04. The molecule has 1 heterocycles. The van der Waals surface area contributed by atoms with Crippen molar-refractivity contribution in [3.63, 3.8) is 0 Å². The number of aliphatic hydroxyl groups excluding tert-OH is 1. The molecule has 0 aliphatic heterocycles. The van der Waals surface area contributed by atoms with Gasteiger partial charge in [0.05, 0.1) is 30.0 Å². The van der Waals surface area contributed by atoms with E-state index in [2.05, 4.69) is 15.6 Å². The Bertz CT molecular complexity index is 711. The summed E-state index contributed by atoms with van der Waals surface area (Å²) in [5, 5.41) is 19.7. The number of para-hydroxylation sites is 1. The van der Waals surface area contributed by atoms with Crippen LogP contribution in [0.1, 0.15) is 24.2 Å². The standard InChI is InChI=1S/C17H21FN4O2/c1-12-15(20-21-22(12)14-5-3-2-4-6-14)7-16(24)19-11-17(18)8-13(9-17)10-23/h2-6,13,23H,7-11H2,1H3,(H,19,24). The highest BCUT2D eigenvalue weighted by molar-refractivity contribution is 5.78. The van der Waals surface area contributed by atoms with Gasteiger partial charge in [0.2, 0.25) is 5.91 Å². The summed E-state index contributed by atoms with van der Waals surface area (Å²) >= 11 is 0. The average Bonchev–Trinajstić information content (AvgIpc) is 2.92. The second-order valence-electron chi connectivity index (χ2n) is 6.43. The molecule has 24 heavy (non-hydrogen) atoms. The van der Waals surface area contributed by atoms with Gasteiger partial charge in [-0.05, 0) is 37.8 Å². The second-order valence-corrected chi connectivity index (χ2v) is 6.43. The molecule has 2 aromatic rings. The highest BCUT2D eigenvalue weighted by atomic mass is 19.1. The molecule has 0 saturated heterocycles. The van der Waals surface area contributed by atoms with E-state index in [0.717, 1.165) is 11.4 Å². The minimum Gasteiger partial charge on any atom is -0.396 e. The van der Waals surface area contributed by atoms with Crippen molar-refractivity contribution in [2.45, 2.75) is 31.9 Å². The summed E-state index contributed by atoms with van der Waals surface area (Å²) in [5.74, 6) is -0.261. The van der Waals surface area contributed by atoms with Gasteiger partial charge >= 0.3 is 0 Å². The Balaban J connectivity index is 1.57. The molecule has 0 bridgehead atoms.